The van der Waals surface area contributed by atoms with Crippen molar-refractivity contribution in [2.75, 3.05) is 5.75 Å². The van der Waals surface area contributed by atoms with Crippen LogP contribution in [0.15, 0.2) is 66.6 Å². The lowest BCUT2D eigenvalue weighted by atomic mass is 10.1. The Labute approximate surface area is 182 Å². The first-order valence-electron chi connectivity index (χ1n) is 9.05. The Bertz CT molecular complexity index is 1120. The second-order valence-electron chi connectivity index (χ2n) is 6.26. The van der Waals surface area contributed by atoms with E-state index in [9.17, 15) is 4.79 Å². The minimum absolute atomic E-state index is 0.0980. The molecule has 5 nitrogen and oxygen atoms in total. The smallest absolute Gasteiger partial charge is 0.165 e. The number of Topliss-reactive ketones (excluding diaryl/α,β-unsaturated/α-hetero) is 1. The first-order valence-corrected chi connectivity index (χ1v) is 11.3. The van der Waals surface area contributed by atoms with Gasteiger partial charge in [-0.05, 0) is 41.3 Å². The fourth-order valence-corrected chi connectivity index (χ4v) is 4.63. The van der Waals surface area contributed by atoms with Crippen LogP contribution < -0.4 is 5.32 Å². The average Bonchev–Trinajstić information content (AvgIpc) is 3.41. The van der Waals surface area contributed by atoms with Gasteiger partial charge in [-0.1, -0.05) is 30.0 Å². The highest BCUT2D eigenvalue weighted by Gasteiger charge is 2.17. The molecule has 0 atom stereocenters. The van der Waals surface area contributed by atoms with Crippen LogP contribution in [0.1, 0.15) is 22.3 Å². The van der Waals surface area contributed by atoms with Gasteiger partial charge in [0.2, 0.25) is 0 Å². The number of hydrogen-bond donors (Lipinski definition) is 1. The van der Waals surface area contributed by atoms with Gasteiger partial charge in [-0.3, -0.25) is 14.3 Å². The number of fused-ring (bicyclic) bond motifs is 1. The molecule has 29 heavy (non-hydrogen) atoms. The highest BCUT2D eigenvalue weighted by molar-refractivity contribution is 8.22. The summed E-state index contributed by atoms with van der Waals surface area (Å²) >= 11 is 8.47. The van der Waals surface area contributed by atoms with Crippen LogP contribution in [-0.4, -0.2) is 30.4 Å². The van der Waals surface area contributed by atoms with Crippen molar-refractivity contribution in [2.45, 2.75) is 13.0 Å². The number of thioether (sulfide) groups is 1. The van der Waals surface area contributed by atoms with E-state index in [0.717, 1.165) is 21.6 Å². The van der Waals surface area contributed by atoms with E-state index >= 15 is 0 Å². The molecule has 0 amide bonds. The number of nitrogens with one attached hydrogen (secondary N) is 1. The first-order chi connectivity index (χ1) is 14.2. The standard InChI is InChI=1S/C21H18N4OS3/c26-18(7-11-29-21(27)24-13-15-4-1-8-22-12-15)17-14-25(19-6-3-10-28-19)20-16(17)5-2-9-23-20/h1-6,8-10,12,14H,7,11,13H2,(H,24,27). The van der Waals surface area contributed by atoms with Gasteiger partial charge in [-0.25, -0.2) is 4.98 Å². The summed E-state index contributed by atoms with van der Waals surface area (Å²) in [6, 6.07) is 11.7. The van der Waals surface area contributed by atoms with Gasteiger partial charge < -0.3 is 5.32 Å². The predicted octanol–water partition coefficient (Wildman–Crippen LogP) is 4.86. The second-order valence-corrected chi connectivity index (χ2v) is 8.96. The molecule has 4 heterocycles. The Morgan fingerprint density at radius 3 is 2.90 bits per heavy atom. The van der Waals surface area contributed by atoms with Crippen LogP contribution in [0.25, 0.3) is 16.0 Å². The first kappa shape index (κ1) is 19.8. The van der Waals surface area contributed by atoms with Gasteiger partial charge in [0, 0.05) is 54.5 Å². The van der Waals surface area contributed by atoms with Gasteiger partial charge in [-0.2, -0.15) is 0 Å². The van der Waals surface area contributed by atoms with Crippen molar-refractivity contribution in [3.63, 3.8) is 0 Å². The molecular formula is C21H18N4OS3. The van der Waals surface area contributed by atoms with E-state index < -0.39 is 0 Å². The minimum Gasteiger partial charge on any atom is -0.367 e. The van der Waals surface area contributed by atoms with Gasteiger partial charge in [0.1, 0.15) is 15.0 Å². The van der Waals surface area contributed by atoms with Crippen LogP contribution in [0.4, 0.5) is 0 Å². The molecule has 0 aliphatic rings. The molecule has 0 aliphatic heterocycles. The zero-order valence-electron chi connectivity index (χ0n) is 15.4. The van der Waals surface area contributed by atoms with Crippen LogP contribution in [-0.2, 0) is 6.54 Å². The molecule has 8 heteroatoms. The molecule has 146 valence electrons. The lowest BCUT2D eigenvalue weighted by Gasteiger charge is -2.07. The van der Waals surface area contributed by atoms with E-state index in [2.05, 4.69) is 15.3 Å². The quantitative estimate of drug-likeness (QED) is 0.328. The van der Waals surface area contributed by atoms with Crippen molar-refractivity contribution in [1.29, 1.82) is 0 Å². The molecule has 0 aromatic carbocycles. The molecule has 0 spiro atoms. The van der Waals surface area contributed by atoms with Crippen molar-refractivity contribution < 1.29 is 4.79 Å². The molecule has 0 unspecified atom stereocenters. The molecule has 1 N–H and O–H groups in total. The summed E-state index contributed by atoms with van der Waals surface area (Å²) in [6.07, 6.45) is 7.62. The summed E-state index contributed by atoms with van der Waals surface area (Å²) in [5.74, 6) is 0.727. The number of thiocarbonyl (C=S) groups is 1. The number of aromatic nitrogens is 3. The molecule has 0 saturated heterocycles. The van der Waals surface area contributed by atoms with Gasteiger partial charge in [-0.15, -0.1) is 11.3 Å². The summed E-state index contributed by atoms with van der Waals surface area (Å²) in [6.45, 7) is 0.633. The van der Waals surface area contributed by atoms with Crippen molar-refractivity contribution >= 4 is 56.5 Å². The zero-order chi connectivity index (χ0) is 20.1. The van der Waals surface area contributed by atoms with Gasteiger partial charge in [0.05, 0.1) is 0 Å². The van der Waals surface area contributed by atoms with Gasteiger partial charge >= 0.3 is 0 Å². The molecule has 0 radical (unpaired) electrons. The van der Waals surface area contributed by atoms with E-state index in [-0.39, 0.29) is 5.78 Å². The fraction of sp³-hybridized carbons (Fsp3) is 0.143. The van der Waals surface area contributed by atoms with Gasteiger partial charge in [0.25, 0.3) is 0 Å². The van der Waals surface area contributed by atoms with E-state index in [0.29, 0.717) is 28.6 Å². The number of thiophene rings is 1. The summed E-state index contributed by atoms with van der Waals surface area (Å²) in [7, 11) is 0. The predicted molar refractivity (Wildman–Crippen MR) is 124 cm³/mol. The number of hydrogen-bond acceptors (Lipinski definition) is 6. The molecule has 0 bridgehead atoms. The highest BCUT2D eigenvalue weighted by atomic mass is 32.2. The van der Waals surface area contributed by atoms with Crippen LogP contribution in [0.5, 0.6) is 0 Å². The Morgan fingerprint density at radius 1 is 1.21 bits per heavy atom. The van der Waals surface area contributed by atoms with Crippen LogP contribution in [0.2, 0.25) is 0 Å². The maximum absolute atomic E-state index is 12.9. The maximum Gasteiger partial charge on any atom is 0.165 e. The Kier molecular flexibility index (Phi) is 6.33. The fourth-order valence-electron chi connectivity index (χ4n) is 2.96. The van der Waals surface area contributed by atoms with E-state index in [1.165, 1.54) is 11.8 Å². The molecule has 4 rings (SSSR count). The largest absolute Gasteiger partial charge is 0.367 e. The summed E-state index contributed by atoms with van der Waals surface area (Å²) in [4.78, 5) is 21.4. The van der Waals surface area contributed by atoms with Crippen molar-refractivity contribution in [3.05, 3.63) is 77.7 Å². The monoisotopic (exact) mass is 438 g/mol. The molecule has 4 aromatic rings. The van der Waals surface area contributed by atoms with Gasteiger partial charge in [0.15, 0.2) is 5.78 Å². The van der Waals surface area contributed by atoms with Crippen LogP contribution in [0, 0.1) is 0 Å². The number of ketones is 1. The summed E-state index contributed by atoms with van der Waals surface area (Å²) < 4.78 is 2.67. The van der Waals surface area contributed by atoms with Crippen LogP contribution in [0.3, 0.4) is 0 Å². The lowest BCUT2D eigenvalue weighted by molar-refractivity contribution is 0.0991. The minimum atomic E-state index is 0.0980. The van der Waals surface area contributed by atoms with E-state index in [4.69, 9.17) is 12.2 Å². The molecule has 4 aromatic heterocycles. The Balaban J connectivity index is 1.38. The maximum atomic E-state index is 12.9. The molecule has 0 fully saturated rings. The van der Waals surface area contributed by atoms with E-state index in [1.54, 1.807) is 29.9 Å². The third-order valence-corrected chi connectivity index (χ3v) is 6.51. The Hall–Kier alpha value is -2.55. The number of pyridine rings is 2. The number of nitrogens with zero attached hydrogens (tertiary/aromatic N) is 3. The van der Waals surface area contributed by atoms with E-state index in [1.807, 2.05) is 52.5 Å². The third kappa shape index (κ3) is 4.72. The number of carbonyl (C=O) groups is 1. The van der Waals surface area contributed by atoms with Crippen molar-refractivity contribution in [1.82, 2.24) is 19.9 Å². The SMILES string of the molecule is O=C(CCSC(=S)NCc1cccnc1)c1cn(-c2cccs2)c2ncccc12. The van der Waals surface area contributed by atoms with Crippen molar-refractivity contribution in [3.8, 4) is 5.00 Å². The summed E-state index contributed by atoms with van der Waals surface area (Å²) in [5.41, 5.74) is 2.58. The normalized spacial score (nSPS) is 10.9. The molecule has 0 saturated carbocycles. The van der Waals surface area contributed by atoms with Crippen LogP contribution >= 0.6 is 35.3 Å². The second kappa shape index (κ2) is 9.30. The Morgan fingerprint density at radius 2 is 2.10 bits per heavy atom. The zero-order valence-corrected chi connectivity index (χ0v) is 17.9. The average molecular weight is 439 g/mol. The lowest BCUT2D eigenvalue weighted by Crippen LogP contribution is -2.18. The topological polar surface area (TPSA) is 59.8 Å². The molecule has 0 aliphatic carbocycles. The summed E-state index contributed by atoms with van der Waals surface area (Å²) in [5, 5.41) is 7.14. The number of carbonyl (C=O) groups excluding carboxylic acids is 1. The molecular weight excluding hydrogens is 420 g/mol. The number of rotatable bonds is 7. The third-order valence-electron chi connectivity index (χ3n) is 4.33. The highest BCUT2D eigenvalue weighted by Crippen LogP contribution is 2.26. The van der Waals surface area contributed by atoms with Crippen molar-refractivity contribution in [2.24, 2.45) is 0 Å².